The van der Waals surface area contributed by atoms with Crippen LogP contribution in [0.2, 0.25) is 0 Å². The second-order valence-corrected chi connectivity index (χ2v) is 12.2. The fraction of sp³-hybridized carbons (Fsp3) is 0.231. The molecule has 36 heavy (non-hydrogen) atoms. The van der Waals surface area contributed by atoms with Gasteiger partial charge in [-0.15, -0.1) is 11.8 Å². The number of nitrogens with zero attached hydrogens (tertiary/aromatic N) is 4. The summed E-state index contributed by atoms with van der Waals surface area (Å²) in [7, 11) is -2.19. The second kappa shape index (κ2) is 10.1. The molecule has 186 valence electrons. The van der Waals surface area contributed by atoms with Gasteiger partial charge in [0.1, 0.15) is 0 Å². The smallest absolute Gasteiger partial charge is 0.264 e. The van der Waals surface area contributed by atoms with Crippen molar-refractivity contribution in [2.24, 2.45) is 0 Å². The molecule has 0 atom stereocenters. The number of para-hydroxylation sites is 2. The molecule has 1 saturated heterocycles. The molecule has 4 aromatic rings. The Bertz CT molecular complexity index is 1480. The van der Waals surface area contributed by atoms with Crippen LogP contribution in [-0.2, 0) is 10.0 Å². The van der Waals surface area contributed by atoms with Gasteiger partial charge in [0.15, 0.2) is 5.13 Å². The molecule has 1 aliphatic rings. The van der Waals surface area contributed by atoms with Gasteiger partial charge in [0, 0.05) is 43.7 Å². The van der Waals surface area contributed by atoms with Gasteiger partial charge in [-0.05, 0) is 54.8 Å². The highest BCUT2D eigenvalue weighted by molar-refractivity contribution is 7.98. The van der Waals surface area contributed by atoms with Gasteiger partial charge < -0.3 is 9.80 Å². The number of aromatic nitrogens is 1. The molecule has 0 N–H and O–H groups in total. The van der Waals surface area contributed by atoms with E-state index in [2.05, 4.69) is 29.4 Å². The van der Waals surface area contributed by atoms with Gasteiger partial charge in [0.05, 0.1) is 20.8 Å². The Kier molecular flexibility index (Phi) is 6.92. The molecule has 0 saturated carbocycles. The van der Waals surface area contributed by atoms with E-state index in [4.69, 9.17) is 4.98 Å². The summed E-state index contributed by atoms with van der Waals surface area (Å²) in [4.78, 5) is 23.3. The maximum Gasteiger partial charge on any atom is 0.264 e. The van der Waals surface area contributed by atoms with Crippen molar-refractivity contribution >= 4 is 60.1 Å². The summed E-state index contributed by atoms with van der Waals surface area (Å²) in [5.74, 6) is -0.0935. The first-order valence-electron chi connectivity index (χ1n) is 11.5. The van der Waals surface area contributed by atoms with Crippen molar-refractivity contribution in [3.8, 4) is 0 Å². The minimum Gasteiger partial charge on any atom is -0.345 e. The monoisotopic (exact) mass is 538 g/mol. The minimum atomic E-state index is -3.72. The van der Waals surface area contributed by atoms with E-state index in [0.29, 0.717) is 37.4 Å². The number of rotatable bonds is 6. The van der Waals surface area contributed by atoms with E-state index < -0.39 is 10.0 Å². The van der Waals surface area contributed by atoms with E-state index in [9.17, 15) is 13.2 Å². The molecular formula is C26H26N4O3S3. The van der Waals surface area contributed by atoms with Gasteiger partial charge in [-0.3, -0.25) is 9.10 Å². The van der Waals surface area contributed by atoms with Gasteiger partial charge in [-0.25, -0.2) is 13.4 Å². The molecule has 1 fully saturated rings. The zero-order valence-corrected chi connectivity index (χ0v) is 22.4. The Hall–Kier alpha value is -3.08. The predicted octanol–water partition coefficient (Wildman–Crippen LogP) is 4.81. The van der Waals surface area contributed by atoms with E-state index >= 15 is 0 Å². The molecule has 0 unspecified atom stereocenters. The summed E-state index contributed by atoms with van der Waals surface area (Å²) in [6.07, 6.45) is 2.06. The molecule has 0 spiro atoms. The van der Waals surface area contributed by atoms with Gasteiger partial charge in [-0.2, -0.15) is 0 Å². The average molecular weight is 539 g/mol. The molecule has 0 aliphatic carbocycles. The Labute approximate surface area is 219 Å². The molecule has 10 heteroatoms. The lowest BCUT2D eigenvalue weighted by Gasteiger charge is -2.34. The number of piperazine rings is 1. The molecule has 1 aliphatic heterocycles. The van der Waals surface area contributed by atoms with Crippen molar-refractivity contribution in [3.63, 3.8) is 0 Å². The maximum absolute atomic E-state index is 13.1. The normalized spacial score (nSPS) is 14.3. The van der Waals surface area contributed by atoms with Crippen LogP contribution in [0.15, 0.2) is 82.6 Å². The lowest BCUT2D eigenvalue weighted by molar-refractivity contribution is 0.0746. The fourth-order valence-electron chi connectivity index (χ4n) is 4.20. The van der Waals surface area contributed by atoms with Crippen molar-refractivity contribution in [3.05, 3.63) is 78.4 Å². The van der Waals surface area contributed by atoms with E-state index in [1.807, 2.05) is 11.0 Å². The van der Waals surface area contributed by atoms with Crippen molar-refractivity contribution < 1.29 is 13.2 Å². The number of fused-ring (bicyclic) bond motifs is 1. The number of hydrogen-bond acceptors (Lipinski definition) is 7. The van der Waals surface area contributed by atoms with Crippen LogP contribution >= 0.6 is 23.1 Å². The number of hydrogen-bond donors (Lipinski definition) is 0. The molecule has 1 amide bonds. The predicted molar refractivity (Wildman–Crippen MR) is 148 cm³/mol. The van der Waals surface area contributed by atoms with E-state index in [1.54, 1.807) is 59.5 Å². The molecule has 0 radical (unpaired) electrons. The lowest BCUT2D eigenvalue weighted by atomic mass is 10.2. The van der Waals surface area contributed by atoms with Crippen LogP contribution in [-0.4, -0.2) is 63.7 Å². The van der Waals surface area contributed by atoms with E-state index in [0.717, 1.165) is 10.6 Å². The number of benzene rings is 3. The summed E-state index contributed by atoms with van der Waals surface area (Å²) >= 11 is 3.38. The average Bonchev–Trinajstić information content (AvgIpc) is 3.37. The van der Waals surface area contributed by atoms with Crippen molar-refractivity contribution in [2.45, 2.75) is 9.79 Å². The van der Waals surface area contributed by atoms with Crippen LogP contribution < -0.4 is 9.21 Å². The van der Waals surface area contributed by atoms with Gasteiger partial charge in [0.2, 0.25) is 0 Å². The number of sulfonamides is 1. The van der Waals surface area contributed by atoms with Crippen LogP contribution in [0.5, 0.6) is 0 Å². The quantitative estimate of drug-likeness (QED) is 0.328. The lowest BCUT2D eigenvalue weighted by Crippen LogP contribution is -2.48. The zero-order chi connectivity index (χ0) is 25.3. The molecule has 3 aromatic carbocycles. The number of carbonyl (C=O) groups is 1. The first-order valence-corrected chi connectivity index (χ1v) is 15.0. The number of carbonyl (C=O) groups excluding carboxylic acids is 1. The van der Waals surface area contributed by atoms with Crippen LogP contribution in [0.4, 0.5) is 10.8 Å². The minimum absolute atomic E-state index is 0.0935. The molecule has 2 heterocycles. The van der Waals surface area contributed by atoms with Gasteiger partial charge in [0.25, 0.3) is 15.9 Å². The van der Waals surface area contributed by atoms with Gasteiger partial charge >= 0.3 is 0 Å². The Morgan fingerprint density at radius 2 is 1.64 bits per heavy atom. The highest BCUT2D eigenvalue weighted by Crippen LogP contribution is 2.34. The second-order valence-electron chi connectivity index (χ2n) is 8.42. The summed E-state index contributed by atoms with van der Waals surface area (Å²) < 4.78 is 28.4. The summed E-state index contributed by atoms with van der Waals surface area (Å²) in [5.41, 5.74) is 2.10. The van der Waals surface area contributed by atoms with Crippen LogP contribution in [0.25, 0.3) is 10.2 Å². The number of thiazole rings is 1. The first-order chi connectivity index (χ1) is 17.4. The molecule has 1 aromatic heterocycles. The summed E-state index contributed by atoms with van der Waals surface area (Å²) in [6, 6.07) is 21.3. The van der Waals surface area contributed by atoms with Crippen LogP contribution in [0.3, 0.4) is 0 Å². The molecule has 0 bridgehead atoms. The maximum atomic E-state index is 13.1. The Morgan fingerprint density at radius 1 is 0.944 bits per heavy atom. The third-order valence-corrected chi connectivity index (χ3v) is 9.96. The first kappa shape index (κ1) is 24.6. The fourth-order valence-corrected chi connectivity index (χ4v) is 7.07. The SMILES string of the molecule is CSc1cccc2sc(N3CCN(C(=O)c4ccc(S(=O)(=O)N(C)c5ccccc5)cc4)CC3)nc12. The third-order valence-electron chi connectivity index (χ3n) is 6.31. The van der Waals surface area contributed by atoms with Crippen LogP contribution in [0, 0.1) is 0 Å². The Morgan fingerprint density at radius 3 is 2.31 bits per heavy atom. The highest BCUT2D eigenvalue weighted by Gasteiger charge is 2.26. The standard InChI is InChI=1S/C26H26N4O3S3/c1-28(20-7-4-3-5-8-20)36(32,33)21-13-11-19(12-14-21)25(31)29-15-17-30(18-16-29)26-27-24-22(34-2)9-6-10-23(24)35-26/h3-14H,15-18H2,1-2H3. The van der Waals surface area contributed by atoms with E-state index in [-0.39, 0.29) is 10.8 Å². The summed E-state index contributed by atoms with van der Waals surface area (Å²) in [5, 5.41) is 0.982. The zero-order valence-electron chi connectivity index (χ0n) is 20.0. The highest BCUT2D eigenvalue weighted by atomic mass is 32.2. The van der Waals surface area contributed by atoms with E-state index in [1.165, 1.54) is 33.1 Å². The topological polar surface area (TPSA) is 73.8 Å². The number of thioether (sulfide) groups is 1. The van der Waals surface area contributed by atoms with Crippen molar-refractivity contribution in [1.82, 2.24) is 9.88 Å². The molecule has 5 rings (SSSR count). The summed E-state index contributed by atoms with van der Waals surface area (Å²) in [6.45, 7) is 2.57. The number of amides is 1. The molecule has 7 nitrogen and oxygen atoms in total. The largest absolute Gasteiger partial charge is 0.345 e. The Balaban J connectivity index is 1.25. The van der Waals surface area contributed by atoms with Crippen LogP contribution in [0.1, 0.15) is 10.4 Å². The van der Waals surface area contributed by atoms with Gasteiger partial charge in [-0.1, -0.05) is 35.6 Å². The van der Waals surface area contributed by atoms with Crippen molar-refractivity contribution in [1.29, 1.82) is 0 Å². The molecular weight excluding hydrogens is 513 g/mol. The van der Waals surface area contributed by atoms with Crippen molar-refractivity contribution in [2.75, 3.05) is 48.7 Å². The number of anilines is 2. The third kappa shape index (κ3) is 4.68.